The van der Waals surface area contributed by atoms with E-state index in [2.05, 4.69) is 0 Å². The maximum absolute atomic E-state index is 11.4. The molecule has 0 spiro atoms. The Morgan fingerprint density at radius 3 is 2.84 bits per heavy atom. The molecule has 2 aromatic heterocycles. The Morgan fingerprint density at radius 1 is 1.37 bits per heavy atom. The maximum atomic E-state index is 11.4. The third-order valence-corrected chi connectivity index (χ3v) is 2.97. The zero-order chi connectivity index (χ0) is 13.6. The molecule has 0 aliphatic heterocycles. The Balaban J connectivity index is 2.50. The smallest absolute Gasteiger partial charge is 0.308 e. The minimum absolute atomic E-state index is 0.389. The van der Waals surface area contributed by atoms with Gasteiger partial charge in [0.1, 0.15) is 5.95 Å². The number of carbonyl (C=O) groups excluding carboxylic acids is 1. The number of ether oxygens (including phenoxy) is 1. The zero-order valence-corrected chi connectivity index (χ0v) is 10.5. The molecule has 5 heteroatoms. The van der Waals surface area contributed by atoms with Crippen LogP contribution in [0.2, 0.25) is 0 Å². The van der Waals surface area contributed by atoms with Gasteiger partial charge >= 0.3 is 5.97 Å². The molecule has 3 aromatic rings. The third kappa shape index (κ3) is 1.71. The molecule has 0 fully saturated rings. The van der Waals surface area contributed by atoms with E-state index in [-0.39, 0.29) is 0 Å². The van der Waals surface area contributed by atoms with E-state index < -0.39 is 11.9 Å². The second-order valence-corrected chi connectivity index (χ2v) is 4.29. The molecular weight excluding hydrogens is 246 g/mol. The van der Waals surface area contributed by atoms with Crippen molar-refractivity contribution >= 4 is 22.6 Å². The molecule has 0 radical (unpaired) electrons. The minimum Gasteiger partial charge on any atom is -0.540 e. The van der Waals surface area contributed by atoms with Gasteiger partial charge in [-0.25, -0.2) is 0 Å². The Hall–Kier alpha value is -2.56. The lowest BCUT2D eigenvalue weighted by molar-refractivity contribution is -0.485. The zero-order valence-electron chi connectivity index (χ0n) is 10.5. The van der Waals surface area contributed by atoms with Crippen molar-refractivity contribution in [3.63, 3.8) is 0 Å². The second-order valence-electron chi connectivity index (χ2n) is 4.29. The molecule has 0 saturated heterocycles. The van der Waals surface area contributed by atoms with Gasteiger partial charge in [-0.2, -0.15) is 0 Å². The monoisotopic (exact) mass is 257 g/mol. The summed E-state index contributed by atoms with van der Waals surface area (Å²) < 4.78 is 12.1. The number of aryl methyl sites for hydroxylation is 1. The van der Waals surface area contributed by atoms with Crippen LogP contribution < -0.4 is 14.2 Å². The maximum Gasteiger partial charge on any atom is 0.308 e. The Bertz CT molecular complexity index is 804. The van der Waals surface area contributed by atoms with Crippen LogP contribution in [0.4, 0.5) is 0 Å². The van der Waals surface area contributed by atoms with Crippen molar-refractivity contribution in [1.29, 1.82) is 0 Å². The lowest BCUT2D eigenvalue weighted by Gasteiger charge is -2.07. The van der Waals surface area contributed by atoms with Gasteiger partial charge in [-0.1, -0.05) is 12.1 Å². The van der Waals surface area contributed by atoms with Crippen LogP contribution >= 0.6 is 0 Å². The van der Waals surface area contributed by atoms with E-state index in [0.717, 1.165) is 10.9 Å². The number of esters is 1. The Kier molecular flexibility index (Phi) is 2.41. The van der Waals surface area contributed by atoms with E-state index in [1.54, 1.807) is 11.3 Å². The molecule has 0 amide bonds. The van der Waals surface area contributed by atoms with Crippen molar-refractivity contribution in [2.45, 2.75) is 13.8 Å². The lowest BCUT2D eigenvalue weighted by Crippen LogP contribution is -2.21. The molecule has 0 atom stereocenters. The molecule has 3 rings (SSSR count). The first kappa shape index (κ1) is 11.5. The number of oxazole rings is 1. The fourth-order valence-corrected chi connectivity index (χ4v) is 2.22. The summed E-state index contributed by atoms with van der Waals surface area (Å²) >= 11 is 0. The fourth-order valence-electron chi connectivity index (χ4n) is 2.22. The largest absolute Gasteiger partial charge is 0.540 e. The van der Waals surface area contributed by atoms with E-state index >= 15 is 0 Å². The molecule has 0 unspecified atom stereocenters. The van der Waals surface area contributed by atoms with Crippen LogP contribution in [-0.4, -0.2) is 5.97 Å². The second kappa shape index (κ2) is 3.98. The molecule has 2 heterocycles. The van der Waals surface area contributed by atoms with E-state index in [1.807, 2.05) is 24.3 Å². The van der Waals surface area contributed by atoms with E-state index in [4.69, 9.17) is 9.15 Å². The Labute approximate surface area is 108 Å². The number of fused-ring (bicyclic) bond motifs is 3. The molecule has 5 nitrogen and oxygen atoms in total. The van der Waals surface area contributed by atoms with Gasteiger partial charge in [0.05, 0.1) is 10.9 Å². The quantitative estimate of drug-likeness (QED) is 0.489. The summed E-state index contributed by atoms with van der Waals surface area (Å²) in [7, 11) is 0. The van der Waals surface area contributed by atoms with Crippen LogP contribution in [-0.2, 0) is 4.79 Å². The predicted molar refractivity (Wildman–Crippen MR) is 64.9 cm³/mol. The van der Waals surface area contributed by atoms with Crippen molar-refractivity contribution in [1.82, 2.24) is 0 Å². The van der Waals surface area contributed by atoms with E-state index in [0.29, 0.717) is 17.0 Å². The van der Waals surface area contributed by atoms with Gasteiger partial charge in [0, 0.05) is 13.0 Å². The van der Waals surface area contributed by atoms with Crippen LogP contribution in [0.1, 0.15) is 12.5 Å². The predicted octanol–water partition coefficient (Wildman–Crippen LogP) is 1.48. The molecule has 0 aliphatic rings. The molecule has 0 N–H and O–H groups in total. The fraction of sp³-hybridized carbons (Fsp3) is 0.143. The van der Waals surface area contributed by atoms with Crippen LogP contribution in [0.15, 0.2) is 34.9 Å². The number of benzene rings is 1. The molecule has 0 bridgehead atoms. The van der Waals surface area contributed by atoms with Gasteiger partial charge in [-0.3, -0.25) is 4.79 Å². The summed E-state index contributed by atoms with van der Waals surface area (Å²) in [4.78, 5) is 11.2. The van der Waals surface area contributed by atoms with Crippen LogP contribution in [0.25, 0.3) is 16.6 Å². The van der Waals surface area contributed by atoms with Crippen LogP contribution in [0.3, 0.4) is 0 Å². The van der Waals surface area contributed by atoms with Gasteiger partial charge in [-0.05, 0) is 13.0 Å². The van der Waals surface area contributed by atoms with Gasteiger partial charge < -0.3 is 14.3 Å². The SMILES string of the molecule is CC(=O)Oc1c(C)c2oc([O-])c[n+]2c2ccccc12. The molecule has 0 saturated carbocycles. The highest BCUT2D eigenvalue weighted by atomic mass is 16.5. The number of para-hydroxylation sites is 1. The summed E-state index contributed by atoms with van der Waals surface area (Å²) in [6.45, 7) is 3.09. The number of rotatable bonds is 1. The lowest BCUT2D eigenvalue weighted by atomic mass is 10.1. The summed E-state index contributed by atoms with van der Waals surface area (Å²) in [6.07, 6.45) is 1.38. The van der Waals surface area contributed by atoms with Crippen molar-refractivity contribution in [3.05, 3.63) is 36.0 Å². The summed E-state index contributed by atoms with van der Waals surface area (Å²) in [6, 6.07) is 7.37. The first-order chi connectivity index (χ1) is 9.08. The number of nitrogens with zero attached hydrogens (tertiary/aromatic N) is 1. The highest BCUT2D eigenvalue weighted by Gasteiger charge is 2.20. The van der Waals surface area contributed by atoms with Crippen molar-refractivity contribution in [3.8, 4) is 11.7 Å². The van der Waals surface area contributed by atoms with E-state index in [1.165, 1.54) is 13.1 Å². The van der Waals surface area contributed by atoms with Crippen LogP contribution in [0, 0.1) is 6.92 Å². The van der Waals surface area contributed by atoms with Gasteiger partial charge in [-0.15, -0.1) is 4.40 Å². The summed E-state index contributed by atoms with van der Waals surface area (Å²) in [5.74, 6) is -0.419. The summed E-state index contributed by atoms with van der Waals surface area (Å²) in [5, 5.41) is 12.2. The van der Waals surface area contributed by atoms with E-state index in [9.17, 15) is 9.90 Å². The Morgan fingerprint density at radius 2 is 2.11 bits per heavy atom. The van der Waals surface area contributed by atoms with Crippen LogP contribution in [0.5, 0.6) is 11.7 Å². The molecule has 1 aromatic carbocycles. The third-order valence-electron chi connectivity index (χ3n) is 2.97. The number of aromatic nitrogens is 1. The number of carbonyl (C=O) groups is 1. The minimum atomic E-state index is -0.437. The topological polar surface area (TPSA) is 66.6 Å². The average molecular weight is 257 g/mol. The molecule has 96 valence electrons. The van der Waals surface area contributed by atoms with Gasteiger partial charge in [0.25, 0.3) is 5.71 Å². The van der Waals surface area contributed by atoms with Crippen molar-refractivity contribution < 1.29 is 23.5 Å². The molecule has 19 heavy (non-hydrogen) atoms. The highest BCUT2D eigenvalue weighted by molar-refractivity contribution is 5.88. The standard InChI is InChI=1S/C14H11NO4/c1-8-13(18-9(2)16)10-5-3-4-6-11(10)15-7-12(17)19-14(8)15/h3-7H,1-2H3. The number of hydrogen-bond donors (Lipinski definition) is 0. The van der Waals surface area contributed by atoms with Gasteiger partial charge in [0.15, 0.2) is 11.9 Å². The first-order valence-corrected chi connectivity index (χ1v) is 5.80. The highest BCUT2D eigenvalue weighted by Crippen LogP contribution is 2.31. The summed E-state index contributed by atoms with van der Waals surface area (Å²) in [5.41, 5.74) is 1.76. The van der Waals surface area contributed by atoms with Crippen molar-refractivity contribution in [2.24, 2.45) is 0 Å². The average Bonchev–Trinajstić information content (AvgIpc) is 2.76. The first-order valence-electron chi connectivity index (χ1n) is 5.80. The molecule has 0 aliphatic carbocycles. The number of hydrogen-bond acceptors (Lipinski definition) is 4. The van der Waals surface area contributed by atoms with Crippen molar-refractivity contribution in [2.75, 3.05) is 0 Å². The normalized spacial score (nSPS) is 11.1. The number of pyridine rings is 1. The molecular formula is C14H11NO4. The van der Waals surface area contributed by atoms with Gasteiger partial charge in [0.2, 0.25) is 5.52 Å².